The van der Waals surface area contributed by atoms with Gasteiger partial charge in [-0.05, 0) is 19.1 Å². The summed E-state index contributed by atoms with van der Waals surface area (Å²) < 4.78 is 0. The van der Waals surface area contributed by atoms with Crippen molar-refractivity contribution in [2.45, 2.75) is 6.92 Å². The summed E-state index contributed by atoms with van der Waals surface area (Å²) >= 11 is 5.62. The summed E-state index contributed by atoms with van der Waals surface area (Å²) in [6.45, 7) is 1.18. The number of hydrogen-bond acceptors (Lipinski definition) is 4. The molecule has 0 fully saturated rings. The second kappa shape index (κ2) is 4.07. The topological polar surface area (TPSA) is 84.0 Å². The normalized spacial score (nSPS) is 9.40. The Morgan fingerprint density at radius 1 is 1.60 bits per heavy atom. The monoisotopic (exact) mass is 224 g/mol. The summed E-state index contributed by atoms with van der Waals surface area (Å²) in [5, 5.41) is 19.5. The molecule has 0 radical (unpaired) electrons. The van der Waals surface area contributed by atoms with Gasteiger partial charge in [-0.1, -0.05) is 11.6 Å². The molecule has 0 unspecified atom stereocenters. The summed E-state index contributed by atoms with van der Waals surface area (Å²) in [4.78, 5) is 21.0. The second-order valence-electron chi connectivity index (χ2n) is 2.77. The number of benzene rings is 1. The van der Waals surface area contributed by atoms with Crippen molar-refractivity contribution in [2.24, 2.45) is 0 Å². The lowest BCUT2D eigenvalue weighted by atomic mass is 10.1. The van der Waals surface area contributed by atoms with E-state index in [9.17, 15) is 14.9 Å². The lowest BCUT2D eigenvalue weighted by Crippen LogP contribution is -2.02. The first-order valence-electron chi connectivity index (χ1n) is 3.86. The van der Waals surface area contributed by atoms with E-state index in [-0.39, 0.29) is 16.1 Å². The Hall–Kier alpha value is -1.93. The average Bonchev–Trinajstić information content (AvgIpc) is 2.15. The minimum absolute atomic E-state index is 0.127. The Morgan fingerprint density at radius 3 is 2.60 bits per heavy atom. The molecule has 15 heavy (non-hydrogen) atoms. The van der Waals surface area contributed by atoms with Crippen LogP contribution in [0.25, 0.3) is 0 Å². The summed E-state index contributed by atoms with van der Waals surface area (Å²) in [5.74, 6) is -0.499. The largest absolute Gasteiger partial charge is 0.297 e. The van der Waals surface area contributed by atoms with Crippen LogP contribution in [0.1, 0.15) is 22.8 Å². The molecule has 6 heteroatoms. The summed E-state index contributed by atoms with van der Waals surface area (Å²) in [6.07, 6.45) is 0. The highest BCUT2D eigenvalue weighted by Crippen LogP contribution is 2.27. The predicted molar refractivity (Wildman–Crippen MR) is 52.8 cm³/mol. The minimum Gasteiger partial charge on any atom is -0.294 e. The van der Waals surface area contributed by atoms with Gasteiger partial charge in [-0.2, -0.15) is 5.26 Å². The fourth-order valence-electron chi connectivity index (χ4n) is 1.15. The van der Waals surface area contributed by atoms with E-state index in [1.807, 2.05) is 0 Å². The van der Waals surface area contributed by atoms with E-state index in [1.165, 1.54) is 13.0 Å². The van der Waals surface area contributed by atoms with Crippen molar-refractivity contribution in [3.63, 3.8) is 0 Å². The highest BCUT2D eigenvalue weighted by Gasteiger charge is 2.23. The Labute approximate surface area is 90.0 Å². The highest BCUT2D eigenvalue weighted by molar-refractivity contribution is 6.31. The Morgan fingerprint density at radius 2 is 2.20 bits per heavy atom. The number of hydrogen-bond donors (Lipinski definition) is 0. The molecule has 0 atom stereocenters. The molecule has 1 rings (SSSR count). The number of nitriles is 1. The van der Waals surface area contributed by atoms with Crippen LogP contribution < -0.4 is 0 Å². The SMILES string of the molecule is CC(=O)c1cc(Cl)cc(C#N)c1[N+](=O)[O-]. The molecule has 76 valence electrons. The van der Waals surface area contributed by atoms with Crippen LogP contribution in [0, 0.1) is 21.4 Å². The van der Waals surface area contributed by atoms with Crippen LogP contribution >= 0.6 is 11.6 Å². The Kier molecular flexibility index (Phi) is 3.02. The summed E-state index contributed by atoms with van der Waals surface area (Å²) in [7, 11) is 0. The molecule has 0 N–H and O–H groups in total. The maximum absolute atomic E-state index is 11.1. The zero-order valence-corrected chi connectivity index (χ0v) is 8.41. The van der Waals surface area contributed by atoms with Crippen LogP contribution in [0.15, 0.2) is 12.1 Å². The first-order chi connectivity index (χ1) is 6.97. The van der Waals surface area contributed by atoms with Gasteiger partial charge in [-0.3, -0.25) is 14.9 Å². The van der Waals surface area contributed by atoms with Crippen LogP contribution in [0.4, 0.5) is 5.69 Å². The molecule has 0 aliphatic heterocycles. The molecule has 0 bridgehead atoms. The van der Waals surface area contributed by atoms with Gasteiger partial charge in [0, 0.05) is 5.02 Å². The summed E-state index contributed by atoms with van der Waals surface area (Å²) in [5.41, 5.74) is -0.851. The fraction of sp³-hybridized carbons (Fsp3) is 0.111. The van der Waals surface area contributed by atoms with Crippen molar-refractivity contribution in [1.29, 1.82) is 5.26 Å². The molecule has 0 aromatic heterocycles. The van der Waals surface area contributed by atoms with Gasteiger partial charge >= 0.3 is 0 Å². The number of Topliss-reactive ketones (excluding diaryl/α,β-unsaturated/α-hetero) is 1. The highest BCUT2D eigenvalue weighted by atomic mass is 35.5. The number of halogens is 1. The molecular formula is C9H5ClN2O3. The predicted octanol–water partition coefficient (Wildman–Crippen LogP) is 2.32. The fourth-order valence-corrected chi connectivity index (χ4v) is 1.37. The zero-order valence-electron chi connectivity index (χ0n) is 7.65. The van der Waals surface area contributed by atoms with Gasteiger partial charge in [0.1, 0.15) is 11.6 Å². The molecule has 5 nitrogen and oxygen atoms in total. The van der Waals surface area contributed by atoms with Gasteiger partial charge < -0.3 is 0 Å². The third-order valence-electron chi connectivity index (χ3n) is 1.76. The average molecular weight is 225 g/mol. The second-order valence-corrected chi connectivity index (χ2v) is 3.21. The van der Waals surface area contributed by atoms with Gasteiger partial charge in [-0.25, -0.2) is 0 Å². The maximum atomic E-state index is 11.1. The van der Waals surface area contributed by atoms with Gasteiger partial charge in [0.15, 0.2) is 5.78 Å². The van der Waals surface area contributed by atoms with Crippen molar-refractivity contribution in [3.05, 3.63) is 38.4 Å². The molecule has 0 heterocycles. The number of nitro groups is 1. The van der Waals surface area contributed by atoms with Gasteiger partial charge in [-0.15, -0.1) is 0 Å². The van der Waals surface area contributed by atoms with Crippen molar-refractivity contribution < 1.29 is 9.72 Å². The van der Waals surface area contributed by atoms with Crippen LogP contribution in [-0.2, 0) is 0 Å². The molecule has 0 saturated carbocycles. The first-order valence-corrected chi connectivity index (χ1v) is 4.24. The molecule has 0 amide bonds. The Balaban J connectivity index is 3.64. The van der Waals surface area contributed by atoms with Crippen LogP contribution in [0.2, 0.25) is 5.02 Å². The molecule has 1 aromatic carbocycles. The van der Waals surface area contributed by atoms with Gasteiger partial charge in [0.05, 0.1) is 10.5 Å². The van der Waals surface area contributed by atoms with Crippen molar-refractivity contribution in [1.82, 2.24) is 0 Å². The molecule has 0 saturated heterocycles. The van der Waals surface area contributed by atoms with Crippen molar-refractivity contribution in [2.75, 3.05) is 0 Å². The standard InChI is InChI=1S/C9H5ClN2O3/c1-5(13)8-3-7(10)2-6(4-11)9(8)12(14)15/h2-3H,1H3. The van der Waals surface area contributed by atoms with Crippen LogP contribution in [0.5, 0.6) is 0 Å². The van der Waals surface area contributed by atoms with E-state index >= 15 is 0 Å². The van der Waals surface area contributed by atoms with Crippen LogP contribution in [0.3, 0.4) is 0 Å². The number of rotatable bonds is 2. The molecule has 0 spiro atoms. The quantitative estimate of drug-likeness (QED) is 0.438. The van der Waals surface area contributed by atoms with Crippen molar-refractivity contribution >= 4 is 23.1 Å². The van der Waals surface area contributed by atoms with Crippen LogP contribution in [-0.4, -0.2) is 10.7 Å². The number of nitro benzene ring substituents is 1. The van der Waals surface area contributed by atoms with E-state index in [0.29, 0.717) is 0 Å². The lowest BCUT2D eigenvalue weighted by molar-refractivity contribution is -0.385. The van der Waals surface area contributed by atoms with E-state index in [4.69, 9.17) is 16.9 Å². The van der Waals surface area contributed by atoms with E-state index in [1.54, 1.807) is 6.07 Å². The van der Waals surface area contributed by atoms with E-state index < -0.39 is 16.4 Å². The lowest BCUT2D eigenvalue weighted by Gasteiger charge is -2.01. The smallest absolute Gasteiger partial charge is 0.294 e. The first kappa shape index (κ1) is 11.1. The van der Waals surface area contributed by atoms with E-state index in [0.717, 1.165) is 6.07 Å². The Bertz CT molecular complexity index is 491. The summed E-state index contributed by atoms with van der Waals surface area (Å²) in [6, 6.07) is 3.98. The molecule has 0 aliphatic carbocycles. The van der Waals surface area contributed by atoms with Crippen molar-refractivity contribution in [3.8, 4) is 6.07 Å². The molecule has 1 aromatic rings. The molecular weight excluding hydrogens is 220 g/mol. The number of nitrogens with zero attached hydrogens (tertiary/aromatic N) is 2. The van der Waals surface area contributed by atoms with Gasteiger partial charge in [0.25, 0.3) is 5.69 Å². The minimum atomic E-state index is -0.758. The van der Waals surface area contributed by atoms with E-state index in [2.05, 4.69) is 0 Å². The van der Waals surface area contributed by atoms with Gasteiger partial charge in [0.2, 0.25) is 0 Å². The third-order valence-corrected chi connectivity index (χ3v) is 1.98. The maximum Gasteiger partial charge on any atom is 0.297 e. The number of carbonyl (C=O) groups excluding carboxylic acids is 1. The molecule has 0 aliphatic rings. The zero-order chi connectivity index (χ0) is 11.6. The third kappa shape index (κ3) is 2.11. The number of ketones is 1. The number of carbonyl (C=O) groups is 1.